The summed E-state index contributed by atoms with van der Waals surface area (Å²) in [7, 11) is 0. The Hall–Kier alpha value is -0.260. The predicted molar refractivity (Wildman–Crippen MR) is 74.9 cm³/mol. The van der Waals surface area contributed by atoms with Crippen LogP contribution in [0.5, 0.6) is 0 Å². The van der Waals surface area contributed by atoms with E-state index in [-0.39, 0.29) is 12.0 Å². The summed E-state index contributed by atoms with van der Waals surface area (Å²) in [6, 6.07) is 0.335. The van der Waals surface area contributed by atoms with E-state index in [2.05, 4.69) is 17.6 Å². The lowest BCUT2D eigenvalue weighted by atomic mass is 9.94. The Labute approximate surface area is 114 Å². The van der Waals surface area contributed by atoms with Crippen molar-refractivity contribution in [3.8, 4) is 0 Å². The molecule has 0 spiro atoms. The van der Waals surface area contributed by atoms with Crippen LogP contribution in [0.25, 0.3) is 0 Å². The van der Waals surface area contributed by atoms with Gasteiger partial charge in [-0.2, -0.15) is 11.8 Å². The minimum absolute atomic E-state index is 0.0656. The second-order valence-electron chi connectivity index (χ2n) is 4.96. The van der Waals surface area contributed by atoms with Gasteiger partial charge in [-0.3, -0.25) is 4.79 Å². The van der Waals surface area contributed by atoms with Crippen molar-refractivity contribution in [3.63, 3.8) is 0 Å². The molecule has 18 heavy (non-hydrogen) atoms. The maximum atomic E-state index is 12.1. The standard InChI is InChI=1S/C13H24N2O2S/c1-2-18-12-6-4-3-5-10(12)15-13(16)11-9-14-7-8-17-11/h10-12,14H,2-9H2,1H3,(H,15,16). The van der Waals surface area contributed by atoms with E-state index < -0.39 is 0 Å². The van der Waals surface area contributed by atoms with Crippen molar-refractivity contribution in [1.82, 2.24) is 10.6 Å². The maximum absolute atomic E-state index is 12.1. The van der Waals surface area contributed by atoms with E-state index in [9.17, 15) is 4.79 Å². The van der Waals surface area contributed by atoms with Crippen molar-refractivity contribution in [3.05, 3.63) is 0 Å². The Morgan fingerprint density at radius 1 is 1.44 bits per heavy atom. The molecule has 104 valence electrons. The molecule has 1 aliphatic carbocycles. The molecule has 1 amide bonds. The maximum Gasteiger partial charge on any atom is 0.250 e. The van der Waals surface area contributed by atoms with E-state index in [1.54, 1.807) is 0 Å². The Bertz CT molecular complexity index is 268. The summed E-state index contributed by atoms with van der Waals surface area (Å²) >= 11 is 1.98. The van der Waals surface area contributed by atoms with E-state index >= 15 is 0 Å². The Balaban J connectivity index is 1.83. The first-order valence-corrected chi connectivity index (χ1v) is 8.10. The first-order valence-electron chi connectivity index (χ1n) is 7.05. The summed E-state index contributed by atoms with van der Waals surface area (Å²) in [5.41, 5.74) is 0. The number of amides is 1. The third-order valence-electron chi connectivity index (χ3n) is 3.63. The number of morpholine rings is 1. The second-order valence-corrected chi connectivity index (χ2v) is 6.47. The van der Waals surface area contributed by atoms with E-state index in [0.717, 1.165) is 18.7 Å². The fraction of sp³-hybridized carbons (Fsp3) is 0.923. The van der Waals surface area contributed by atoms with Gasteiger partial charge in [0, 0.05) is 24.4 Å². The first kappa shape index (κ1) is 14.2. The molecular formula is C13H24N2O2S. The number of thioether (sulfide) groups is 1. The van der Waals surface area contributed by atoms with Crippen molar-refractivity contribution < 1.29 is 9.53 Å². The van der Waals surface area contributed by atoms with Gasteiger partial charge in [-0.15, -0.1) is 0 Å². The minimum Gasteiger partial charge on any atom is -0.366 e. The predicted octanol–water partition coefficient (Wildman–Crippen LogP) is 1.16. The molecule has 1 heterocycles. The SMILES string of the molecule is CCSC1CCCCC1NC(=O)C1CNCCO1. The van der Waals surface area contributed by atoms with E-state index in [4.69, 9.17) is 4.74 Å². The highest BCUT2D eigenvalue weighted by Gasteiger charge is 2.29. The van der Waals surface area contributed by atoms with Crippen molar-refractivity contribution in [1.29, 1.82) is 0 Å². The Kier molecular flexibility index (Phi) is 5.79. The van der Waals surface area contributed by atoms with Crippen LogP contribution in [0.2, 0.25) is 0 Å². The Morgan fingerprint density at radius 3 is 3.00 bits per heavy atom. The highest BCUT2D eigenvalue weighted by Crippen LogP contribution is 2.28. The van der Waals surface area contributed by atoms with Gasteiger partial charge in [-0.05, 0) is 18.6 Å². The first-order chi connectivity index (χ1) is 8.81. The van der Waals surface area contributed by atoms with Gasteiger partial charge in [0.05, 0.1) is 6.61 Å². The number of carbonyl (C=O) groups excluding carboxylic acids is 1. The van der Waals surface area contributed by atoms with Gasteiger partial charge in [-0.1, -0.05) is 19.8 Å². The zero-order valence-electron chi connectivity index (χ0n) is 11.1. The van der Waals surface area contributed by atoms with Crippen LogP contribution < -0.4 is 10.6 Å². The molecule has 0 radical (unpaired) electrons. The van der Waals surface area contributed by atoms with Gasteiger partial charge in [0.15, 0.2) is 0 Å². The van der Waals surface area contributed by atoms with Crippen molar-refractivity contribution in [2.75, 3.05) is 25.4 Å². The van der Waals surface area contributed by atoms with Crippen LogP contribution in [-0.2, 0) is 9.53 Å². The van der Waals surface area contributed by atoms with Gasteiger partial charge < -0.3 is 15.4 Å². The molecule has 1 saturated carbocycles. The number of ether oxygens (including phenoxy) is 1. The fourth-order valence-electron chi connectivity index (χ4n) is 2.69. The molecule has 1 aliphatic heterocycles. The molecule has 0 aromatic rings. The Morgan fingerprint density at radius 2 is 2.28 bits per heavy atom. The fourth-order valence-corrected chi connectivity index (χ4v) is 3.88. The summed E-state index contributed by atoms with van der Waals surface area (Å²) in [4.78, 5) is 12.1. The summed E-state index contributed by atoms with van der Waals surface area (Å²) < 4.78 is 5.50. The largest absolute Gasteiger partial charge is 0.366 e. The zero-order valence-corrected chi connectivity index (χ0v) is 11.9. The molecule has 2 N–H and O–H groups in total. The van der Waals surface area contributed by atoms with Crippen LogP contribution in [0, 0.1) is 0 Å². The topological polar surface area (TPSA) is 50.4 Å². The number of hydrogen-bond donors (Lipinski definition) is 2. The van der Waals surface area contributed by atoms with Gasteiger partial charge in [0.25, 0.3) is 5.91 Å². The molecule has 0 bridgehead atoms. The molecule has 3 unspecified atom stereocenters. The monoisotopic (exact) mass is 272 g/mol. The van der Waals surface area contributed by atoms with Crippen molar-refractivity contribution in [2.45, 2.75) is 50.0 Å². The van der Waals surface area contributed by atoms with Crippen LogP contribution in [-0.4, -0.2) is 48.8 Å². The average Bonchev–Trinajstić information content (AvgIpc) is 2.42. The van der Waals surface area contributed by atoms with Crippen LogP contribution in [0.1, 0.15) is 32.6 Å². The van der Waals surface area contributed by atoms with Crippen LogP contribution >= 0.6 is 11.8 Å². The average molecular weight is 272 g/mol. The third-order valence-corrected chi connectivity index (χ3v) is 4.96. The highest BCUT2D eigenvalue weighted by atomic mass is 32.2. The molecular weight excluding hydrogens is 248 g/mol. The lowest BCUT2D eigenvalue weighted by Gasteiger charge is -2.33. The molecule has 4 nitrogen and oxygen atoms in total. The van der Waals surface area contributed by atoms with E-state index in [0.29, 0.717) is 24.4 Å². The quantitative estimate of drug-likeness (QED) is 0.806. The second kappa shape index (κ2) is 7.36. The molecule has 0 aromatic carbocycles. The molecule has 2 rings (SSSR count). The van der Waals surface area contributed by atoms with Crippen LogP contribution in [0.4, 0.5) is 0 Å². The van der Waals surface area contributed by atoms with E-state index in [1.807, 2.05) is 11.8 Å². The van der Waals surface area contributed by atoms with Gasteiger partial charge in [-0.25, -0.2) is 0 Å². The molecule has 0 aromatic heterocycles. The van der Waals surface area contributed by atoms with E-state index in [1.165, 1.54) is 19.3 Å². The van der Waals surface area contributed by atoms with Crippen LogP contribution in [0.15, 0.2) is 0 Å². The highest BCUT2D eigenvalue weighted by molar-refractivity contribution is 7.99. The number of hydrogen-bond acceptors (Lipinski definition) is 4. The summed E-state index contributed by atoms with van der Waals surface area (Å²) in [6.07, 6.45) is 4.57. The lowest BCUT2D eigenvalue weighted by Crippen LogP contribution is -2.53. The summed E-state index contributed by atoms with van der Waals surface area (Å²) in [5, 5.41) is 6.98. The molecule has 2 fully saturated rings. The molecule has 3 atom stereocenters. The van der Waals surface area contributed by atoms with Crippen molar-refractivity contribution >= 4 is 17.7 Å². The number of carbonyl (C=O) groups is 1. The molecule has 5 heteroatoms. The van der Waals surface area contributed by atoms with Gasteiger partial charge >= 0.3 is 0 Å². The molecule has 1 saturated heterocycles. The smallest absolute Gasteiger partial charge is 0.250 e. The zero-order chi connectivity index (χ0) is 12.8. The van der Waals surface area contributed by atoms with Gasteiger partial charge in [0.1, 0.15) is 6.10 Å². The van der Waals surface area contributed by atoms with Gasteiger partial charge in [0.2, 0.25) is 0 Å². The number of nitrogens with one attached hydrogen (secondary N) is 2. The van der Waals surface area contributed by atoms with Crippen molar-refractivity contribution in [2.24, 2.45) is 0 Å². The third kappa shape index (κ3) is 3.87. The number of rotatable bonds is 4. The lowest BCUT2D eigenvalue weighted by molar-refractivity contribution is -0.135. The summed E-state index contributed by atoms with van der Waals surface area (Å²) in [5.74, 6) is 1.19. The van der Waals surface area contributed by atoms with Crippen LogP contribution in [0.3, 0.4) is 0 Å². The minimum atomic E-state index is -0.298. The normalized spacial score (nSPS) is 33.1. The summed E-state index contributed by atoms with van der Waals surface area (Å²) in [6.45, 7) is 4.31. The molecule has 2 aliphatic rings.